The van der Waals surface area contributed by atoms with E-state index < -0.39 is 21.7 Å². The van der Waals surface area contributed by atoms with Crippen LogP contribution >= 0.6 is 11.6 Å². The van der Waals surface area contributed by atoms with Crippen LogP contribution in [0.15, 0.2) is 107 Å². The Morgan fingerprint density at radius 1 is 0.974 bits per heavy atom. The second-order valence-electron chi connectivity index (χ2n) is 8.02. The highest BCUT2D eigenvalue weighted by Gasteiger charge is 2.28. The number of carbonyl (C=O) groups excluding carboxylic acids is 1. The number of hydrogen-bond donors (Lipinski definition) is 1. The van der Waals surface area contributed by atoms with Crippen molar-refractivity contribution in [1.29, 1.82) is 0 Å². The Kier molecular flexibility index (Phi) is 8.40. The number of benzene rings is 4. The van der Waals surface area contributed by atoms with Crippen LogP contribution in [0.2, 0.25) is 5.02 Å². The summed E-state index contributed by atoms with van der Waals surface area (Å²) in [5.74, 6) is -0.783. The van der Waals surface area contributed by atoms with Crippen molar-refractivity contribution in [2.45, 2.75) is 11.4 Å². The topological polar surface area (TPSA) is 88.1 Å². The summed E-state index contributed by atoms with van der Waals surface area (Å²) < 4.78 is 48.1. The molecule has 4 aromatic rings. The van der Waals surface area contributed by atoms with Crippen molar-refractivity contribution in [2.75, 3.05) is 11.4 Å². The van der Waals surface area contributed by atoms with Crippen molar-refractivity contribution in [3.05, 3.63) is 125 Å². The van der Waals surface area contributed by atoms with Gasteiger partial charge >= 0.3 is 0 Å². The zero-order valence-corrected chi connectivity index (χ0v) is 21.8. The highest BCUT2D eigenvalue weighted by Crippen LogP contribution is 2.30. The standard InChI is InChI=1S/C28H23ClFN3O4S/c1-37-21-14-16-22(17-15-21)38(35,36)33(19-20-8-3-2-4-9-20)27-13-6-5-10-23(27)28(34)32-31-18-24-25(29)11-7-12-26(24)30/h2-18H,19H2,1H3,(H,32,34)/b31-18-. The van der Waals surface area contributed by atoms with Gasteiger partial charge in [0, 0.05) is 5.56 Å². The summed E-state index contributed by atoms with van der Waals surface area (Å²) in [5.41, 5.74) is 3.25. The molecule has 1 N–H and O–H groups in total. The molecule has 4 aromatic carbocycles. The molecule has 0 unspecified atom stereocenters. The molecule has 0 aliphatic carbocycles. The number of ether oxygens (including phenoxy) is 1. The largest absolute Gasteiger partial charge is 0.497 e. The number of halogens is 2. The number of nitrogens with one attached hydrogen (secondary N) is 1. The average Bonchev–Trinajstić information content (AvgIpc) is 2.93. The quantitative estimate of drug-likeness (QED) is 0.215. The minimum atomic E-state index is -4.12. The van der Waals surface area contributed by atoms with Gasteiger partial charge in [-0.25, -0.2) is 18.2 Å². The maximum Gasteiger partial charge on any atom is 0.273 e. The van der Waals surface area contributed by atoms with E-state index in [4.69, 9.17) is 16.3 Å². The van der Waals surface area contributed by atoms with Crippen LogP contribution in [0.3, 0.4) is 0 Å². The van der Waals surface area contributed by atoms with Crippen molar-refractivity contribution in [2.24, 2.45) is 5.10 Å². The molecule has 0 aliphatic rings. The van der Waals surface area contributed by atoms with Gasteiger partial charge in [-0.3, -0.25) is 9.10 Å². The normalized spacial score (nSPS) is 11.3. The number of sulfonamides is 1. The molecule has 1 amide bonds. The summed E-state index contributed by atoms with van der Waals surface area (Å²) in [5, 5.41) is 3.96. The molecule has 194 valence electrons. The van der Waals surface area contributed by atoms with Crippen LogP contribution in [0.4, 0.5) is 10.1 Å². The second kappa shape index (κ2) is 11.9. The number of hydrogen-bond acceptors (Lipinski definition) is 5. The van der Waals surface area contributed by atoms with Crippen molar-refractivity contribution in [1.82, 2.24) is 5.43 Å². The molecule has 0 saturated carbocycles. The van der Waals surface area contributed by atoms with Gasteiger partial charge in [-0.15, -0.1) is 0 Å². The number of nitrogens with zero attached hydrogens (tertiary/aromatic N) is 2. The summed E-state index contributed by atoms with van der Waals surface area (Å²) in [4.78, 5) is 13.2. The van der Waals surface area contributed by atoms with E-state index in [1.165, 1.54) is 49.6 Å². The minimum Gasteiger partial charge on any atom is -0.497 e. The van der Waals surface area contributed by atoms with E-state index in [-0.39, 0.29) is 33.3 Å². The Hall–Kier alpha value is -4.21. The fraction of sp³-hybridized carbons (Fsp3) is 0.0714. The van der Waals surface area contributed by atoms with Gasteiger partial charge in [0.05, 0.1) is 41.0 Å². The van der Waals surface area contributed by atoms with Crippen LogP contribution in [0, 0.1) is 5.82 Å². The summed E-state index contributed by atoms with van der Waals surface area (Å²) >= 11 is 6.01. The van der Waals surface area contributed by atoms with E-state index in [1.807, 2.05) is 6.07 Å². The Morgan fingerprint density at radius 3 is 2.34 bits per heavy atom. The van der Waals surface area contributed by atoms with Crippen molar-refractivity contribution in [3.63, 3.8) is 0 Å². The summed E-state index contributed by atoms with van der Waals surface area (Å²) in [6.07, 6.45) is 1.09. The van der Waals surface area contributed by atoms with Crippen molar-refractivity contribution >= 4 is 39.4 Å². The smallest absolute Gasteiger partial charge is 0.273 e. The first-order chi connectivity index (χ1) is 18.3. The molecule has 0 aliphatic heterocycles. The molecule has 0 heterocycles. The highest BCUT2D eigenvalue weighted by molar-refractivity contribution is 7.92. The SMILES string of the molecule is COc1ccc(S(=O)(=O)N(Cc2ccccc2)c2ccccc2C(=O)N/N=C\c2c(F)cccc2Cl)cc1. The lowest BCUT2D eigenvalue weighted by Crippen LogP contribution is -2.33. The van der Waals surface area contributed by atoms with Crippen molar-refractivity contribution in [3.8, 4) is 5.75 Å². The Balaban J connectivity index is 1.71. The number of para-hydroxylation sites is 1. The first kappa shape index (κ1) is 26.8. The Morgan fingerprint density at radius 2 is 1.66 bits per heavy atom. The first-order valence-electron chi connectivity index (χ1n) is 11.4. The van der Waals surface area contributed by atoms with E-state index in [9.17, 15) is 17.6 Å². The van der Waals surface area contributed by atoms with E-state index in [0.29, 0.717) is 11.3 Å². The molecular weight excluding hydrogens is 529 g/mol. The van der Waals surface area contributed by atoms with Crippen LogP contribution < -0.4 is 14.5 Å². The van der Waals surface area contributed by atoms with E-state index >= 15 is 0 Å². The molecule has 7 nitrogen and oxygen atoms in total. The molecule has 0 atom stereocenters. The third-order valence-electron chi connectivity index (χ3n) is 5.59. The number of amides is 1. The number of carbonyl (C=O) groups is 1. The van der Waals surface area contributed by atoms with Gasteiger partial charge < -0.3 is 4.74 Å². The maximum absolute atomic E-state index is 14.0. The zero-order valence-electron chi connectivity index (χ0n) is 20.2. The van der Waals surface area contributed by atoms with Gasteiger partial charge in [-0.2, -0.15) is 5.10 Å². The van der Waals surface area contributed by atoms with Crippen molar-refractivity contribution < 1.29 is 22.3 Å². The van der Waals surface area contributed by atoms with E-state index in [0.717, 1.165) is 10.5 Å². The predicted octanol–water partition coefficient (Wildman–Crippen LogP) is 5.65. The molecule has 4 rings (SSSR count). The monoisotopic (exact) mass is 551 g/mol. The molecule has 0 fully saturated rings. The Bertz CT molecular complexity index is 1540. The average molecular weight is 552 g/mol. The number of methoxy groups -OCH3 is 1. The lowest BCUT2D eigenvalue weighted by Gasteiger charge is -2.26. The molecule has 0 saturated heterocycles. The molecule has 0 aromatic heterocycles. The van der Waals surface area contributed by atoms with Crippen LogP contribution in [0.5, 0.6) is 5.75 Å². The molecule has 10 heteroatoms. The summed E-state index contributed by atoms with van der Waals surface area (Å²) in [7, 11) is -2.63. The van der Waals surface area contributed by atoms with Crippen LogP contribution in [-0.2, 0) is 16.6 Å². The van der Waals surface area contributed by atoms with Crippen LogP contribution in [-0.4, -0.2) is 27.6 Å². The maximum atomic E-state index is 14.0. The molecule has 0 radical (unpaired) electrons. The minimum absolute atomic E-state index is 0.00976. The first-order valence-corrected chi connectivity index (χ1v) is 13.2. The molecule has 38 heavy (non-hydrogen) atoms. The number of rotatable bonds is 9. The lowest BCUT2D eigenvalue weighted by molar-refractivity contribution is 0.0955. The second-order valence-corrected chi connectivity index (χ2v) is 10.3. The third-order valence-corrected chi connectivity index (χ3v) is 7.70. The lowest BCUT2D eigenvalue weighted by atomic mass is 10.1. The number of hydrazone groups is 1. The van der Waals surface area contributed by atoms with E-state index in [2.05, 4.69) is 10.5 Å². The van der Waals surface area contributed by atoms with Gasteiger partial charge in [0.2, 0.25) is 0 Å². The summed E-state index contributed by atoms with van der Waals surface area (Å²) in [6, 6.07) is 25.4. The molecular formula is C28H23ClFN3O4S. The van der Waals surface area contributed by atoms with Gasteiger partial charge in [0.15, 0.2) is 0 Å². The van der Waals surface area contributed by atoms with Gasteiger partial charge in [0.1, 0.15) is 11.6 Å². The van der Waals surface area contributed by atoms with Gasteiger partial charge in [-0.1, -0.05) is 60.1 Å². The predicted molar refractivity (Wildman–Crippen MR) is 146 cm³/mol. The molecule has 0 bridgehead atoms. The van der Waals surface area contributed by atoms with E-state index in [1.54, 1.807) is 48.5 Å². The fourth-order valence-electron chi connectivity index (χ4n) is 3.66. The third kappa shape index (κ3) is 6.01. The fourth-order valence-corrected chi connectivity index (χ4v) is 5.34. The number of anilines is 1. The highest BCUT2D eigenvalue weighted by atomic mass is 35.5. The summed E-state index contributed by atoms with van der Waals surface area (Å²) in [6.45, 7) is -0.0341. The Labute approximate surface area is 225 Å². The van der Waals surface area contributed by atoms with Gasteiger partial charge in [0.25, 0.3) is 15.9 Å². The molecule has 0 spiro atoms. The van der Waals surface area contributed by atoms with Crippen LogP contribution in [0.1, 0.15) is 21.5 Å². The zero-order chi connectivity index (χ0) is 27.1. The van der Waals surface area contributed by atoms with Crippen LogP contribution in [0.25, 0.3) is 0 Å². The van der Waals surface area contributed by atoms with Gasteiger partial charge in [-0.05, 0) is 54.1 Å².